The minimum absolute atomic E-state index is 0.913. The second-order valence-corrected chi connectivity index (χ2v) is 4.55. The normalized spacial score (nSPS) is 34.9. The molecular formula is C12H18. The molecule has 0 amide bonds. The molecule has 2 rings (SSSR count). The lowest BCUT2D eigenvalue weighted by molar-refractivity contribution is 0.454. The van der Waals surface area contributed by atoms with Crippen LogP contribution in [0.1, 0.15) is 44.9 Å². The van der Waals surface area contributed by atoms with Gasteiger partial charge >= 0.3 is 0 Å². The van der Waals surface area contributed by atoms with E-state index in [2.05, 4.69) is 5.92 Å². The SMILES string of the molecule is C#CCC1CC1CC1CCCC1. The van der Waals surface area contributed by atoms with Gasteiger partial charge in [-0.15, -0.1) is 12.3 Å². The van der Waals surface area contributed by atoms with Crippen molar-refractivity contribution in [3.8, 4) is 12.3 Å². The molecule has 0 aliphatic heterocycles. The molecule has 0 radical (unpaired) electrons. The first-order chi connectivity index (χ1) is 5.90. The Labute approximate surface area is 75.7 Å². The summed E-state index contributed by atoms with van der Waals surface area (Å²) in [6.45, 7) is 0. The van der Waals surface area contributed by atoms with E-state index in [4.69, 9.17) is 6.42 Å². The van der Waals surface area contributed by atoms with Crippen LogP contribution in [0, 0.1) is 30.1 Å². The summed E-state index contributed by atoms with van der Waals surface area (Å²) in [4.78, 5) is 0. The van der Waals surface area contributed by atoms with Crippen LogP contribution in [0.2, 0.25) is 0 Å². The van der Waals surface area contributed by atoms with Crippen molar-refractivity contribution < 1.29 is 0 Å². The van der Waals surface area contributed by atoms with Gasteiger partial charge < -0.3 is 0 Å². The van der Waals surface area contributed by atoms with Crippen molar-refractivity contribution >= 4 is 0 Å². The molecule has 66 valence electrons. The van der Waals surface area contributed by atoms with Crippen molar-refractivity contribution in [1.29, 1.82) is 0 Å². The maximum Gasteiger partial charge on any atom is 0.0117 e. The van der Waals surface area contributed by atoms with Crippen LogP contribution in [0.5, 0.6) is 0 Å². The molecule has 2 atom stereocenters. The maximum atomic E-state index is 5.29. The van der Waals surface area contributed by atoms with E-state index in [0.29, 0.717) is 0 Å². The number of hydrogen-bond acceptors (Lipinski definition) is 0. The summed E-state index contributed by atoms with van der Waals surface area (Å²) in [6, 6.07) is 0. The Balaban J connectivity index is 1.66. The smallest absolute Gasteiger partial charge is 0.0117 e. The minimum atomic E-state index is 0.913. The van der Waals surface area contributed by atoms with Gasteiger partial charge in [-0.2, -0.15) is 0 Å². The Morgan fingerprint density at radius 1 is 1.17 bits per heavy atom. The fraction of sp³-hybridized carbons (Fsp3) is 0.833. The molecule has 0 aromatic heterocycles. The number of hydrogen-bond donors (Lipinski definition) is 0. The van der Waals surface area contributed by atoms with Gasteiger partial charge in [-0.3, -0.25) is 0 Å². The van der Waals surface area contributed by atoms with Crippen molar-refractivity contribution in [3.63, 3.8) is 0 Å². The lowest BCUT2D eigenvalue weighted by Crippen LogP contribution is -1.95. The highest BCUT2D eigenvalue weighted by molar-refractivity contribution is 4.97. The van der Waals surface area contributed by atoms with Crippen LogP contribution in [-0.4, -0.2) is 0 Å². The standard InChI is InChI=1S/C12H18/c1-2-5-11-9-12(11)8-10-6-3-4-7-10/h1,10-12H,3-9H2. The highest BCUT2D eigenvalue weighted by atomic mass is 14.4. The lowest BCUT2D eigenvalue weighted by atomic mass is 9.99. The van der Waals surface area contributed by atoms with Crippen LogP contribution in [0.15, 0.2) is 0 Å². The second kappa shape index (κ2) is 3.52. The average Bonchev–Trinajstić information content (AvgIpc) is 2.62. The highest BCUT2D eigenvalue weighted by Gasteiger charge is 2.37. The first kappa shape index (κ1) is 8.17. The number of rotatable bonds is 3. The molecule has 2 fully saturated rings. The predicted octanol–water partition coefficient (Wildman–Crippen LogP) is 3.23. The van der Waals surface area contributed by atoms with Crippen molar-refractivity contribution in [2.75, 3.05) is 0 Å². The Bertz CT molecular complexity index is 181. The molecule has 2 aliphatic carbocycles. The summed E-state index contributed by atoms with van der Waals surface area (Å²) >= 11 is 0. The summed E-state index contributed by atoms with van der Waals surface area (Å²) in [7, 11) is 0. The van der Waals surface area contributed by atoms with Gasteiger partial charge in [-0.05, 0) is 30.6 Å². The minimum Gasteiger partial charge on any atom is -0.120 e. The third kappa shape index (κ3) is 1.83. The molecule has 0 aromatic carbocycles. The molecule has 0 bridgehead atoms. The molecule has 0 saturated heterocycles. The molecule has 0 nitrogen and oxygen atoms in total. The van der Waals surface area contributed by atoms with E-state index in [1.54, 1.807) is 0 Å². The molecular weight excluding hydrogens is 144 g/mol. The monoisotopic (exact) mass is 162 g/mol. The Hall–Kier alpha value is -0.440. The first-order valence-electron chi connectivity index (χ1n) is 5.33. The van der Waals surface area contributed by atoms with Crippen LogP contribution < -0.4 is 0 Å². The quantitative estimate of drug-likeness (QED) is 0.559. The fourth-order valence-corrected chi connectivity index (χ4v) is 2.67. The summed E-state index contributed by atoms with van der Waals surface area (Å²) in [5.41, 5.74) is 0. The summed E-state index contributed by atoms with van der Waals surface area (Å²) in [6.07, 6.45) is 15.2. The molecule has 0 spiro atoms. The van der Waals surface area contributed by atoms with Crippen LogP contribution in [0.4, 0.5) is 0 Å². The van der Waals surface area contributed by atoms with E-state index in [1.165, 1.54) is 38.5 Å². The average molecular weight is 162 g/mol. The van der Waals surface area contributed by atoms with Crippen molar-refractivity contribution in [2.24, 2.45) is 17.8 Å². The fourth-order valence-electron chi connectivity index (χ4n) is 2.67. The molecule has 0 aromatic rings. The van der Waals surface area contributed by atoms with Crippen LogP contribution in [0.3, 0.4) is 0 Å². The molecule has 2 unspecified atom stereocenters. The number of terminal acetylenes is 1. The zero-order valence-electron chi connectivity index (χ0n) is 7.76. The molecule has 2 aliphatic rings. The van der Waals surface area contributed by atoms with Gasteiger partial charge in [-0.25, -0.2) is 0 Å². The van der Waals surface area contributed by atoms with Gasteiger partial charge in [0.1, 0.15) is 0 Å². The van der Waals surface area contributed by atoms with Gasteiger partial charge in [-0.1, -0.05) is 25.7 Å². The zero-order chi connectivity index (χ0) is 8.39. The third-order valence-electron chi connectivity index (χ3n) is 3.56. The first-order valence-corrected chi connectivity index (χ1v) is 5.33. The molecule has 12 heavy (non-hydrogen) atoms. The van der Waals surface area contributed by atoms with Gasteiger partial charge in [0.05, 0.1) is 0 Å². The Morgan fingerprint density at radius 3 is 2.58 bits per heavy atom. The van der Waals surface area contributed by atoms with Crippen LogP contribution >= 0.6 is 0 Å². The van der Waals surface area contributed by atoms with Crippen molar-refractivity contribution in [2.45, 2.75) is 44.9 Å². The van der Waals surface area contributed by atoms with E-state index in [9.17, 15) is 0 Å². The summed E-state index contributed by atoms with van der Waals surface area (Å²) < 4.78 is 0. The molecule has 0 N–H and O–H groups in total. The third-order valence-corrected chi connectivity index (χ3v) is 3.56. The van der Waals surface area contributed by atoms with Gasteiger partial charge in [0, 0.05) is 6.42 Å². The molecule has 0 heteroatoms. The topological polar surface area (TPSA) is 0 Å². The van der Waals surface area contributed by atoms with Crippen molar-refractivity contribution in [3.05, 3.63) is 0 Å². The summed E-state index contributed by atoms with van der Waals surface area (Å²) in [5, 5.41) is 0. The van der Waals surface area contributed by atoms with Gasteiger partial charge in [0.25, 0.3) is 0 Å². The van der Waals surface area contributed by atoms with Crippen LogP contribution in [0.25, 0.3) is 0 Å². The van der Waals surface area contributed by atoms with E-state index in [1.807, 2.05) is 0 Å². The predicted molar refractivity (Wildman–Crippen MR) is 51.6 cm³/mol. The van der Waals surface area contributed by atoms with Gasteiger partial charge in [0.15, 0.2) is 0 Å². The lowest BCUT2D eigenvalue weighted by Gasteiger charge is -2.06. The second-order valence-electron chi connectivity index (χ2n) is 4.55. The summed E-state index contributed by atoms with van der Waals surface area (Å²) in [5.74, 6) is 5.78. The van der Waals surface area contributed by atoms with E-state index < -0.39 is 0 Å². The van der Waals surface area contributed by atoms with Crippen LogP contribution in [-0.2, 0) is 0 Å². The zero-order valence-corrected chi connectivity index (χ0v) is 7.76. The van der Waals surface area contributed by atoms with Crippen molar-refractivity contribution in [1.82, 2.24) is 0 Å². The van der Waals surface area contributed by atoms with E-state index in [0.717, 1.165) is 24.2 Å². The van der Waals surface area contributed by atoms with E-state index in [-0.39, 0.29) is 0 Å². The largest absolute Gasteiger partial charge is 0.120 e. The maximum absolute atomic E-state index is 5.29. The Kier molecular flexibility index (Phi) is 2.40. The Morgan fingerprint density at radius 2 is 1.92 bits per heavy atom. The van der Waals surface area contributed by atoms with Gasteiger partial charge in [0.2, 0.25) is 0 Å². The van der Waals surface area contributed by atoms with E-state index >= 15 is 0 Å². The molecule has 0 heterocycles. The molecule has 2 saturated carbocycles. The highest BCUT2D eigenvalue weighted by Crippen LogP contribution is 2.47.